The lowest BCUT2D eigenvalue weighted by Gasteiger charge is -2.15. The standard InChI is InChI=1S/C14H20N2O3S/c1-9(2)7-10-8-15-11-5-4-6-12(20(3,18)19)13(11)16-14(10)17/h4-6,9-10,15H,7-8H2,1-3H3,(H,16,17). The van der Waals surface area contributed by atoms with Crippen molar-refractivity contribution in [2.45, 2.75) is 25.2 Å². The number of benzene rings is 1. The van der Waals surface area contributed by atoms with Crippen molar-refractivity contribution in [3.63, 3.8) is 0 Å². The van der Waals surface area contributed by atoms with Crippen LogP contribution in [0, 0.1) is 11.8 Å². The summed E-state index contributed by atoms with van der Waals surface area (Å²) in [4.78, 5) is 12.4. The number of amides is 1. The molecule has 0 fully saturated rings. The van der Waals surface area contributed by atoms with Gasteiger partial charge in [0.1, 0.15) is 0 Å². The van der Waals surface area contributed by atoms with E-state index in [1.807, 2.05) is 0 Å². The van der Waals surface area contributed by atoms with Gasteiger partial charge in [-0.2, -0.15) is 0 Å². The number of nitrogens with one attached hydrogen (secondary N) is 2. The van der Waals surface area contributed by atoms with Crippen molar-refractivity contribution in [2.75, 3.05) is 23.4 Å². The van der Waals surface area contributed by atoms with Crippen molar-refractivity contribution in [1.82, 2.24) is 0 Å². The predicted octanol–water partition coefficient (Wildman–Crippen LogP) is 2.12. The van der Waals surface area contributed by atoms with Crippen LogP contribution >= 0.6 is 0 Å². The van der Waals surface area contributed by atoms with Gasteiger partial charge in [-0.05, 0) is 24.5 Å². The monoisotopic (exact) mass is 296 g/mol. The summed E-state index contributed by atoms with van der Waals surface area (Å²) in [6, 6.07) is 4.97. The molecule has 1 aromatic carbocycles. The molecule has 110 valence electrons. The molecule has 1 aromatic rings. The fourth-order valence-corrected chi connectivity index (χ4v) is 3.28. The first-order valence-electron chi connectivity index (χ1n) is 6.67. The van der Waals surface area contributed by atoms with Gasteiger partial charge in [0.05, 0.1) is 22.2 Å². The van der Waals surface area contributed by atoms with Gasteiger partial charge < -0.3 is 10.6 Å². The van der Waals surface area contributed by atoms with Crippen LogP contribution in [0.5, 0.6) is 0 Å². The van der Waals surface area contributed by atoms with Crippen molar-refractivity contribution in [1.29, 1.82) is 0 Å². The fraction of sp³-hybridized carbons (Fsp3) is 0.500. The molecule has 1 heterocycles. The molecule has 0 radical (unpaired) electrons. The van der Waals surface area contributed by atoms with Gasteiger partial charge in [-0.1, -0.05) is 19.9 Å². The van der Waals surface area contributed by atoms with Crippen LogP contribution in [0.2, 0.25) is 0 Å². The first-order valence-corrected chi connectivity index (χ1v) is 8.56. The minimum Gasteiger partial charge on any atom is -0.383 e. The summed E-state index contributed by atoms with van der Waals surface area (Å²) in [5, 5.41) is 5.95. The summed E-state index contributed by atoms with van der Waals surface area (Å²) < 4.78 is 23.6. The van der Waals surface area contributed by atoms with E-state index in [0.717, 1.165) is 12.7 Å². The average molecular weight is 296 g/mol. The molecule has 0 bridgehead atoms. The lowest BCUT2D eigenvalue weighted by molar-refractivity contribution is -0.119. The molecule has 0 aliphatic carbocycles. The zero-order valence-electron chi connectivity index (χ0n) is 11.9. The normalized spacial score (nSPS) is 19.0. The Morgan fingerprint density at radius 3 is 2.65 bits per heavy atom. The van der Waals surface area contributed by atoms with Crippen LogP contribution in [-0.2, 0) is 14.6 Å². The third-order valence-corrected chi connectivity index (χ3v) is 4.48. The third kappa shape index (κ3) is 3.12. The van der Waals surface area contributed by atoms with Gasteiger partial charge in [0, 0.05) is 12.8 Å². The zero-order valence-corrected chi connectivity index (χ0v) is 12.8. The number of carbonyl (C=O) groups excluding carboxylic acids is 1. The van der Waals surface area contributed by atoms with E-state index in [2.05, 4.69) is 24.5 Å². The number of rotatable bonds is 3. The Kier molecular flexibility index (Phi) is 4.04. The van der Waals surface area contributed by atoms with E-state index >= 15 is 0 Å². The molecular weight excluding hydrogens is 276 g/mol. The van der Waals surface area contributed by atoms with E-state index in [9.17, 15) is 13.2 Å². The molecule has 1 amide bonds. The Morgan fingerprint density at radius 1 is 1.35 bits per heavy atom. The van der Waals surface area contributed by atoms with Crippen LogP contribution in [0.4, 0.5) is 11.4 Å². The minimum absolute atomic E-state index is 0.124. The predicted molar refractivity (Wildman–Crippen MR) is 79.6 cm³/mol. The van der Waals surface area contributed by atoms with Gasteiger partial charge in [0.25, 0.3) is 0 Å². The Balaban J connectivity index is 2.39. The second-order valence-electron chi connectivity index (χ2n) is 5.65. The van der Waals surface area contributed by atoms with Gasteiger partial charge in [-0.3, -0.25) is 4.79 Å². The Hall–Kier alpha value is -1.56. The molecule has 0 saturated carbocycles. The Labute approximate surface area is 119 Å². The van der Waals surface area contributed by atoms with Gasteiger partial charge >= 0.3 is 0 Å². The van der Waals surface area contributed by atoms with E-state index in [0.29, 0.717) is 23.8 Å². The highest BCUT2D eigenvalue weighted by Gasteiger charge is 2.27. The number of sulfone groups is 1. The summed E-state index contributed by atoms with van der Waals surface area (Å²) >= 11 is 0. The smallest absolute Gasteiger partial charge is 0.229 e. The molecule has 20 heavy (non-hydrogen) atoms. The fourth-order valence-electron chi connectivity index (χ4n) is 2.43. The maximum atomic E-state index is 12.2. The van der Waals surface area contributed by atoms with Crippen molar-refractivity contribution in [2.24, 2.45) is 11.8 Å². The molecule has 2 N–H and O–H groups in total. The van der Waals surface area contributed by atoms with Crippen LogP contribution in [0.3, 0.4) is 0 Å². The highest BCUT2D eigenvalue weighted by molar-refractivity contribution is 7.90. The number of anilines is 2. The quantitative estimate of drug-likeness (QED) is 0.896. The maximum Gasteiger partial charge on any atom is 0.229 e. The molecule has 1 unspecified atom stereocenters. The largest absolute Gasteiger partial charge is 0.383 e. The lowest BCUT2D eigenvalue weighted by Crippen LogP contribution is -2.27. The molecule has 5 nitrogen and oxygen atoms in total. The van der Waals surface area contributed by atoms with Crippen LogP contribution in [-0.4, -0.2) is 27.1 Å². The molecule has 6 heteroatoms. The number of hydrogen-bond acceptors (Lipinski definition) is 4. The van der Waals surface area contributed by atoms with E-state index in [1.165, 1.54) is 6.07 Å². The zero-order chi connectivity index (χ0) is 14.9. The number of hydrogen-bond donors (Lipinski definition) is 2. The van der Waals surface area contributed by atoms with Crippen molar-refractivity contribution in [3.8, 4) is 0 Å². The molecule has 0 saturated heterocycles. The highest BCUT2D eigenvalue weighted by atomic mass is 32.2. The van der Waals surface area contributed by atoms with Crippen molar-refractivity contribution < 1.29 is 13.2 Å². The van der Waals surface area contributed by atoms with Gasteiger partial charge in [-0.15, -0.1) is 0 Å². The molecule has 2 rings (SSSR count). The molecule has 1 aliphatic rings. The second-order valence-corrected chi connectivity index (χ2v) is 7.63. The number of fused-ring (bicyclic) bond motifs is 1. The Bertz CT molecular complexity index is 623. The van der Waals surface area contributed by atoms with Crippen molar-refractivity contribution >= 4 is 27.1 Å². The maximum absolute atomic E-state index is 12.2. The minimum atomic E-state index is -3.38. The number of carbonyl (C=O) groups is 1. The van der Waals surface area contributed by atoms with Crippen molar-refractivity contribution in [3.05, 3.63) is 18.2 Å². The first kappa shape index (κ1) is 14.8. The summed E-state index contributed by atoms with van der Waals surface area (Å²) in [5.41, 5.74) is 1.03. The molecule has 0 spiro atoms. The van der Waals surface area contributed by atoms with E-state index in [1.54, 1.807) is 12.1 Å². The SMILES string of the molecule is CC(C)CC1CNc2cccc(S(C)(=O)=O)c2NC1=O. The van der Waals surface area contributed by atoms with E-state index < -0.39 is 9.84 Å². The summed E-state index contributed by atoms with van der Waals surface area (Å²) in [7, 11) is -3.38. The molecular formula is C14H20N2O3S. The summed E-state index contributed by atoms with van der Waals surface area (Å²) in [6.45, 7) is 4.64. The molecule has 1 atom stereocenters. The summed E-state index contributed by atoms with van der Waals surface area (Å²) in [5.74, 6) is 0.124. The highest BCUT2D eigenvalue weighted by Crippen LogP contribution is 2.33. The van der Waals surface area contributed by atoms with Crippen LogP contribution < -0.4 is 10.6 Å². The van der Waals surface area contributed by atoms with E-state index in [4.69, 9.17) is 0 Å². The summed E-state index contributed by atoms with van der Waals surface area (Å²) in [6.07, 6.45) is 1.91. The third-order valence-electron chi connectivity index (χ3n) is 3.34. The lowest BCUT2D eigenvalue weighted by atomic mass is 9.96. The van der Waals surface area contributed by atoms with Crippen LogP contribution in [0.1, 0.15) is 20.3 Å². The number of para-hydroxylation sites is 1. The molecule has 1 aliphatic heterocycles. The average Bonchev–Trinajstić information content (AvgIpc) is 2.47. The Morgan fingerprint density at radius 2 is 2.05 bits per heavy atom. The van der Waals surface area contributed by atoms with Gasteiger partial charge in [0.15, 0.2) is 9.84 Å². The van der Waals surface area contributed by atoms with Gasteiger partial charge in [0.2, 0.25) is 5.91 Å². The first-order chi connectivity index (χ1) is 9.29. The second kappa shape index (κ2) is 5.44. The van der Waals surface area contributed by atoms with E-state index in [-0.39, 0.29) is 16.7 Å². The van der Waals surface area contributed by atoms with Gasteiger partial charge in [-0.25, -0.2) is 8.42 Å². The molecule has 0 aromatic heterocycles. The van der Waals surface area contributed by atoms with Crippen LogP contribution in [0.15, 0.2) is 23.1 Å². The topological polar surface area (TPSA) is 75.3 Å². The van der Waals surface area contributed by atoms with Crippen LogP contribution in [0.25, 0.3) is 0 Å².